The normalized spacial score (nSPS) is 29.4. The van der Waals surface area contributed by atoms with Crippen molar-refractivity contribution in [3.63, 3.8) is 0 Å². The maximum absolute atomic E-state index is 13.9. The van der Waals surface area contributed by atoms with Gasteiger partial charge >= 0.3 is 0 Å². The molecule has 2 aliphatic carbocycles. The molecule has 0 aromatic heterocycles. The molecule has 3 aliphatic heterocycles. The molecule has 9 nitrogen and oxygen atoms in total. The molecule has 3 saturated heterocycles. The highest BCUT2D eigenvalue weighted by Gasteiger charge is 2.53. The minimum Gasteiger partial charge on any atom is -0.369 e. The van der Waals surface area contributed by atoms with E-state index in [0.29, 0.717) is 12.1 Å². The number of amides is 2. The zero-order valence-corrected chi connectivity index (χ0v) is 22.4. The van der Waals surface area contributed by atoms with Crippen molar-refractivity contribution in [1.29, 1.82) is 0 Å². The number of nitrogens with zero attached hydrogens (tertiary/aromatic N) is 3. The summed E-state index contributed by atoms with van der Waals surface area (Å²) in [5, 5.41) is 6.28. The summed E-state index contributed by atoms with van der Waals surface area (Å²) in [5.74, 6) is -0.353. The van der Waals surface area contributed by atoms with Crippen LogP contribution in [-0.4, -0.2) is 104 Å². The van der Waals surface area contributed by atoms with Gasteiger partial charge in [-0.1, -0.05) is 19.3 Å². The van der Waals surface area contributed by atoms with Crippen LogP contribution < -0.4 is 15.5 Å². The summed E-state index contributed by atoms with van der Waals surface area (Å²) in [6, 6.07) is 7.30. The third kappa shape index (κ3) is 4.84. The average molecular weight is 524 g/mol. The van der Waals surface area contributed by atoms with Crippen LogP contribution in [0.1, 0.15) is 55.3 Å². The van der Waals surface area contributed by atoms with Crippen molar-refractivity contribution in [2.45, 2.75) is 75.2 Å². The summed E-state index contributed by atoms with van der Waals surface area (Å²) in [5.41, 5.74) is 1.70. The second-order valence-corrected chi connectivity index (χ2v) is 11.7. The molecule has 0 unspecified atom stereocenters. The summed E-state index contributed by atoms with van der Waals surface area (Å²) in [4.78, 5) is 46.5. The Hall–Kier alpha value is -2.49. The minimum absolute atomic E-state index is 0.0414. The molecule has 0 radical (unpaired) electrons. The van der Waals surface area contributed by atoms with Crippen molar-refractivity contribution in [3.05, 3.63) is 29.8 Å². The number of likely N-dealkylation sites (N-methyl/N-ethyl adjacent to an activating group) is 1. The topological polar surface area (TPSA) is 94.2 Å². The van der Waals surface area contributed by atoms with Crippen molar-refractivity contribution in [1.82, 2.24) is 20.4 Å². The molecule has 9 heteroatoms. The van der Waals surface area contributed by atoms with E-state index < -0.39 is 12.1 Å². The molecule has 0 spiro atoms. The number of piperazine rings is 1. The van der Waals surface area contributed by atoms with Crippen LogP contribution in [0.15, 0.2) is 24.3 Å². The van der Waals surface area contributed by atoms with Crippen molar-refractivity contribution in [2.24, 2.45) is 5.92 Å². The van der Waals surface area contributed by atoms with Crippen molar-refractivity contribution >= 4 is 23.3 Å². The number of rotatable bonds is 7. The highest BCUT2D eigenvalue weighted by Crippen LogP contribution is 2.33. The number of fused-ring (bicyclic) bond motifs is 1. The molecule has 6 rings (SSSR count). The number of benzene rings is 1. The molecule has 2 N–H and O–H groups in total. The molecule has 2 amide bonds. The largest absolute Gasteiger partial charge is 0.369 e. The first-order valence-corrected chi connectivity index (χ1v) is 14.6. The zero-order valence-electron chi connectivity index (χ0n) is 22.4. The predicted octanol–water partition coefficient (Wildman–Crippen LogP) is 1.42. The highest BCUT2D eigenvalue weighted by atomic mass is 16.5. The number of nitrogens with one attached hydrogen (secondary N) is 2. The number of Topliss-reactive ketones (excluding diaryl/α,β-unsaturated/α-hetero) is 1. The monoisotopic (exact) mass is 523 g/mol. The highest BCUT2D eigenvalue weighted by molar-refractivity contribution is 5.99. The Morgan fingerprint density at radius 2 is 1.68 bits per heavy atom. The lowest BCUT2D eigenvalue weighted by atomic mass is 9.91. The van der Waals surface area contributed by atoms with E-state index in [0.717, 1.165) is 63.6 Å². The van der Waals surface area contributed by atoms with E-state index in [-0.39, 0.29) is 42.3 Å². The van der Waals surface area contributed by atoms with Crippen LogP contribution in [0.4, 0.5) is 5.69 Å². The van der Waals surface area contributed by atoms with E-state index in [1.807, 2.05) is 31.3 Å². The summed E-state index contributed by atoms with van der Waals surface area (Å²) in [7, 11) is 1.83. The van der Waals surface area contributed by atoms with Gasteiger partial charge in [-0.05, 0) is 62.9 Å². The molecule has 2 saturated carbocycles. The van der Waals surface area contributed by atoms with Gasteiger partial charge in [0.1, 0.15) is 24.8 Å². The maximum atomic E-state index is 13.9. The molecule has 1 aromatic rings. The van der Waals surface area contributed by atoms with E-state index in [4.69, 9.17) is 4.74 Å². The van der Waals surface area contributed by atoms with Crippen molar-refractivity contribution < 1.29 is 19.1 Å². The van der Waals surface area contributed by atoms with Crippen LogP contribution in [-0.2, 0) is 14.3 Å². The lowest BCUT2D eigenvalue weighted by Crippen LogP contribution is -2.54. The number of carbonyl (C=O) groups is 3. The summed E-state index contributed by atoms with van der Waals surface area (Å²) in [6.07, 6.45) is 7.65. The molecule has 0 bridgehead atoms. The first-order chi connectivity index (χ1) is 18.5. The summed E-state index contributed by atoms with van der Waals surface area (Å²) >= 11 is 0. The SMILES string of the molecule is CN[C@H]1CN(C(=O)[C@@H](NC(=O)c2ccc(N3CCN(C4CCC4)CC3)cc2)C2CCCC2)[C@@H]2C(=O)CO[C@H]12. The lowest BCUT2D eigenvalue weighted by Gasteiger charge is -2.43. The van der Waals surface area contributed by atoms with E-state index in [1.54, 1.807) is 4.90 Å². The number of anilines is 1. The fourth-order valence-corrected chi connectivity index (χ4v) is 7.13. The number of carbonyl (C=O) groups excluding carboxylic acids is 3. The standard InChI is InChI=1S/C29H41N5O4/c1-30-23-17-34(26-24(35)18-38-27(23)26)29(37)25(19-5-2-3-6-19)31-28(36)20-9-11-22(12-10-20)33-15-13-32(14-16-33)21-7-4-8-21/h9-12,19,21,23,25-27,30H,2-8,13-18H2,1H3,(H,31,36)/t23-,25-,26+,27+/m0/s1. The molecule has 5 aliphatic rings. The number of hydrogen-bond donors (Lipinski definition) is 2. The first-order valence-electron chi connectivity index (χ1n) is 14.6. The average Bonchev–Trinajstić information content (AvgIpc) is 3.65. The van der Waals surface area contributed by atoms with Gasteiger partial charge in [-0.25, -0.2) is 0 Å². The molecule has 1 aromatic carbocycles. The quantitative estimate of drug-likeness (QED) is 0.558. The van der Waals surface area contributed by atoms with Crippen LogP contribution in [0, 0.1) is 5.92 Å². The molecular weight excluding hydrogens is 482 g/mol. The van der Waals surface area contributed by atoms with E-state index >= 15 is 0 Å². The first kappa shape index (κ1) is 25.8. The van der Waals surface area contributed by atoms with Gasteiger partial charge in [-0.3, -0.25) is 19.3 Å². The van der Waals surface area contributed by atoms with Gasteiger partial charge in [-0.2, -0.15) is 0 Å². The van der Waals surface area contributed by atoms with Crippen molar-refractivity contribution in [2.75, 3.05) is 51.3 Å². The lowest BCUT2D eigenvalue weighted by molar-refractivity contribution is -0.139. The second-order valence-electron chi connectivity index (χ2n) is 11.7. The third-order valence-electron chi connectivity index (χ3n) is 9.66. The van der Waals surface area contributed by atoms with Gasteiger partial charge in [0, 0.05) is 50.0 Å². The van der Waals surface area contributed by atoms with Crippen LogP contribution in [0.5, 0.6) is 0 Å². The Morgan fingerprint density at radius 1 is 0.974 bits per heavy atom. The van der Waals surface area contributed by atoms with Crippen LogP contribution in [0.25, 0.3) is 0 Å². The van der Waals surface area contributed by atoms with Gasteiger partial charge in [0.05, 0.1) is 6.04 Å². The van der Waals surface area contributed by atoms with E-state index in [2.05, 4.69) is 20.4 Å². The second kappa shape index (κ2) is 10.9. The summed E-state index contributed by atoms with van der Waals surface area (Å²) < 4.78 is 5.72. The Morgan fingerprint density at radius 3 is 2.32 bits per heavy atom. The van der Waals surface area contributed by atoms with Crippen LogP contribution in [0.3, 0.4) is 0 Å². The van der Waals surface area contributed by atoms with Crippen LogP contribution in [0.2, 0.25) is 0 Å². The molecular formula is C29H41N5O4. The van der Waals surface area contributed by atoms with Gasteiger partial charge in [-0.15, -0.1) is 0 Å². The molecule has 3 heterocycles. The minimum atomic E-state index is -0.631. The fourth-order valence-electron chi connectivity index (χ4n) is 7.13. The molecule has 5 fully saturated rings. The van der Waals surface area contributed by atoms with Gasteiger partial charge in [0.25, 0.3) is 5.91 Å². The van der Waals surface area contributed by atoms with E-state index in [1.165, 1.54) is 19.3 Å². The Bertz CT molecular complexity index is 1030. The Balaban J connectivity index is 1.12. The number of hydrogen-bond acceptors (Lipinski definition) is 7. The number of ketones is 1. The fraction of sp³-hybridized carbons (Fsp3) is 0.690. The van der Waals surface area contributed by atoms with Crippen molar-refractivity contribution in [3.8, 4) is 0 Å². The molecule has 4 atom stereocenters. The Labute approximate surface area is 225 Å². The maximum Gasteiger partial charge on any atom is 0.251 e. The van der Waals surface area contributed by atoms with Gasteiger partial charge < -0.3 is 25.2 Å². The molecule has 206 valence electrons. The zero-order chi connectivity index (χ0) is 26.2. The summed E-state index contributed by atoms with van der Waals surface area (Å²) in [6.45, 7) is 4.66. The molecule has 38 heavy (non-hydrogen) atoms. The smallest absolute Gasteiger partial charge is 0.251 e. The van der Waals surface area contributed by atoms with E-state index in [9.17, 15) is 14.4 Å². The third-order valence-corrected chi connectivity index (χ3v) is 9.66. The Kier molecular flexibility index (Phi) is 7.42. The van der Waals surface area contributed by atoms with Gasteiger partial charge in [0.2, 0.25) is 5.91 Å². The number of likely N-dealkylation sites (tertiary alicyclic amines) is 1. The van der Waals surface area contributed by atoms with Gasteiger partial charge in [0.15, 0.2) is 5.78 Å². The predicted molar refractivity (Wildman–Crippen MR) is 144 cm³/mol. The van der Waals surface area contributed by atoms with Crippen LogP contribution >= 0.6 is 0 Å². The number of ether oxygens (including phenoxy) is 1.